The van der Waals surface area contributed by atoms with Gasteiger partial charge in [0.25, 0.3) is 0 Å². The number of anilines is 2. The van der Waals surface area contributed by atoms with Crippen molar-refractivity contribution in [3.63, 3.8) is 0 Å². The number of carbonyl (C=O) groups is 2. The Morgan fingerprint density at radius 3 is 2.22 bits per heavy atom. The highest BCUT2D eigenvalue weighted by Crippen LogP contribution is 2.40. The van der Waals surface area contributed by atoms with E-state index in [0.717, 1.165) is 103 Å². The van der Waals surface area contributed by atoms with Crippen LogP contribution in [0.3, 0.4) is 0 Å². The van der Waals surface area contributed by atoms with Gasteiger partial charge in [0.05, 0.1) is 33.2 Å². The van der Waals surface area contributed by atoms with E-state index in [0.29, 0.717) is 41.2 Å². The number of likely N-dealkylation sites (tertiary alicyclic amines) is 1. The van der Waals surface area contributed by atoms with Crippen LogP contribution in [0.2, 0.25) is 5.02 Å². The number of imide groups is 1. The molecule has 2 amide bonds. The summed E-state index contributed by atoms with van der Waals surface area (Å²) >= 11 is 12.4. The minimum Gasteiger partial charge on any atom is -0.489 e. The van der Waals surface area contributed by atoms with Crippen LogP contribution in [-0.2, 0) is 28.7 Å². The maximum Gasteiger partial charge on any atom is 0.329 e. The van der Waals surface area contributed by atoms with Gasteiger partial charge in [-0.05, 0) is 135 Å². The number of alkyl halides is 1. The number of imidazole rings is 1. The van der Waals surface area contributed by atoms with Crippen LogP contribution in [0.15, 0.2) is 71.7 Å². The zero-order valence-corrected chi connectivity index (χ0v) is 40.8. The van der Waals surface area contributed by atoms with Gasteiger partial charge in [0.15, 0.2) is 5.75 Å². The first-order valence-electron chi connectivity index (χ1n) is 24.1. The van der Waals surface area contributed by atoms with Gasteiger partial charge in [-0.15, -0.1) is 11.6 Å². The summed E-state index contributed by atoms with van der Waals surface area (Å²) in [6.07, 6.45) is 9.51. The molecule has 0 aliphatic carbocycles. The monoisotopic (exact) mass is 961 g/mol. The highest BCUT2D eigenvalue weighted by molar-refractivity contribution is 6.32. The summed E-state index contributed by atoms with van der Waals surface area (Å²) < 4.78 is 15.0. The molecular formula is C52H61Cl2N9O5. The van der Waals surface area contributed by atoms with Gasteiger partial charge in [-0.1, -0.05) is 37.6 Å². The maximum absolute atomic E-state index is 13.3. The molecule has 1 atom stereocenters. The molecule has 2 aromatic heterocycles. The summed E-state index contributed by atoms with van der Waals surface area (Å²) in [7, 11) is 1.76. The smallest absolute Gasteiger partial charge is 0.329 e. The lowest BCUT2D eigenvalue weighted by Gasteiger charge is -2.42. The molecule has 68 heavy (non-hydrogen) atoms. The van der Waals surface area contributed by atoms with E-state index in [1.54, 1.807) is 16.2 Å². The van der Waals surface area contributed by atoms with Crippen LogP contribution in [0.5, 0.6) is 11.5 Å². The van der Waals surface area contributed by atoms with Gasteiger partial charge in [0.2, 0.25) is 17.8 Å². The van der Waals surface area contributed by atoms with Crippen molar-refractivity contribution in [2.75, 3.05) is 68.1 Å². The summed E-state index contributed by atoms with van der Waals surface area (Å²) in [5, 5.41) is 12.6. The van der Waals surface area contributed by atoms with Gasteiger partial charge < -0.3 is 24.2 Å². The Balaban J connectivity index is 0.706. The number of hydrogen-bond donors (Lipinski definition) is 1. The predicted octanol–water partition coefficient (Wildman–Crippen LogP) is 8.00. The number of fused-ring (bicyclic) bond motifs is 1. The van der Waals surface area contributed by atoms with Gasteiger partial charge >= 0.3 is 5.69 Å². The van der Waals surface area contributed by atoms with Gasteiger partial charge in [0, 0.05) is 63.5 Å². The van der Waals surface area contributed by atoms with Crippen molar-refractivity contribution in [1.82, 2.24) is 29.3 Å². The topological polar surface area (TPSA) is 151 Å². The second kappa shape index (κ2) is 20.5. The molecule has 358 valence electrons. The number of piperidine rings is 4. The van der Waals surface area contributed by atoms with Crippen LogP contribution in [0, 0.1) is 29.1 Å². The van der Waals surface area contributed by atoms with E-state index in [4.69, 9.17) is 37.7 Å². The Hall–Kier alpha value is -5.62. The number of nitrogens with one attached hydrogen (secondary N) is 1. The number of hydrogen-bond acceptors (Lipinski definition) is 11. The van der Waals surface area contributed by atoms with E-state index >= 15 is 0 Å². The summed E-state index contributed by atoms with van der Waals surface area (Å²) in [6, 6.07) is 21.3. The summed E-state index contributed by atoms with van der Waals surface area (Å²) in [5.74, 6) is 3.63. The molecule has 0 bridgehead atoms. The van der Waals surface area contributed by atoms with Crippen LogP contribution in [0.1, 0.15) is 93.6 Å². The lowest BCUT2D eigenvalue weighted by Crippen LogP contribution is -2.44. The van der Waals surface area contributed by atoms with Crippen molar-refractivity contribution in [1.29, 1.82) is 5.26 Å². The van der Waals surface area contributed by atoms with Crippen molar-refractivity contribution in [2.24, 2.45) is 24.8 Å². The molecule has 6 heterocycles. The van der Waals surface area contributed by atoms with E-state index in [1.807, 2.05) is 54.7 Å². The second-order valence-corrected chi connectivity index (χ2v) is 20.3. The van der Waals surface area contributed by atoms with Crippen molar-refractivity contribution in [3.8, 4) is 17.6 Å². The molecule has 0 radical (unpaired) electrons. The largest absolute Gasteiger partial charge is 0.489 e. The van der Waals surface area contributed by atoms with Crippen LogP contribution in [0.25, 0.3) is 11.0 Å². The first kappa shape index (κ1) is 47.4. The first-order valence-corrected chi connectivity index (χ1v) is 25.1. The predicted molar refractivity (Wildman–Crippen MR) is 265 cm³/mol. The van der Waals surface area contributed by atoms with E-state index in [-0.39, 0.29) is 24.6 Å². The number of aryl methyl sites for hydroxylation is 1. The number of carbonyl (C=O) groups excluding carboxylic acids is 2. The van der Waals surface area contributed by atoms with Crippen LogP contribution >= 0.6 is 23.2 Å². The third-order valence-electron chi connectivity index (χ3n) is 15.1. The average molecular weight is 963 g/mol. The normalized spacial score (nSPS) is 19.3. The second-order valence-electron chi connectivity index (χ2n) is 19.5. The minimum atomic E-state index is -0.677. The fourth-order valence-corrected chi connectivity index (χ4v) is 11.3. The van der Waals surface area contributed by atoms with E-state index in [1.165, 1.54) is 38.8 Å². The average Bonchev–Trinajstić information content (AvgIpc) is 3.60. The highest BCUT2D eigenvalue weighted by atomic mass is 35.5. The Morgan fingerprint density at radius 2 is 1.53 bits per heavy atom. The fourth-order valence-electron chi connectivity index (χ4n) is 10.9. The third kappa shape index (κ3) is 10.1. The molecule has 4 fully saturated rings. The molecule has 3 aromatic carbocycles. The van der Waals surface area contributed by atoms with Crippen molar-refractivity contribution >= 4 is 57.7 Å². The molecule has 0 saturated carbocycles. The van der Waals surface area contributed by atoms with Crippen LogP contribution < -0.4 is 30.3 Å². The van der Waals surface area contributed by atoms with Crippen molar-refractivity contribution in [3.05, 3.63) is 105 Å². The quantitative estimate of drug-likeness (QED) is 0.0852. The minimum absolute atomic E-state index is 0.229. The van der Waals surface area contributed by atoms with Crippen molar-refractivity contribution < 1.29 is 19.1 Å². The molecule has 5 aromatic rings. The Kier molecular flexibility index (Phi) is 14.3. The zero-order chi connectivity index (χ0) is 47.5. The molecule has 1 unspecified atom stereocenters. The van der Waals surface area contributed by atoms with Gasteiger partial charge in [0.1, 0.15) is 31.1 Å². The third-order valence-corrected chi connectivity index (χ3v) is 15.5. The lowest BCUT2D eigenvalue weighted by molar-refractivity contribution is -0.135. The summed E-state index contributed by atoms with van der Waals surface area (Å²) in [6.45, 7) is 12.2. The molecular weight excluding hydrogens is 902 g/mol. The van der Waals surface area contributed by atoms with Crippen LogP contribution in [-0.4, -0.2) is 94.1 Å². The lowest BCUT2D eigenvalue weighted by atomic mass is 9.77. The summed E-state index contributed by atoms with van der Waals surface area (Å²) in [4.78, 5) is 54.7. The molecule has 16 heteroatoms. The number of ether oxygens (including phenoxy) is 2. The molecule has 9 rings (SSSR count). The van der Waals surface area contributed by atoms with E-state index in [9.17, 15) is 19.6 Å². The van der Waals surface area contributed by atoms with Gasteiger partial charge in [-0.2, -0.15) is 5.26 Å². The number of rotatable bonds is 14. The molecule has 0 spiro atoms. The van der Waals surface area contributed by atoms with E-state index < -0.39 is 17.4 Å². The Morgan fingerprint density at radius 1 is 0.824 bits per heavy atom. The number of nitrogens with zero attached hydrogens (tertiary/aromatic N) is 8. The first-order chi connectivity index (χ1) is 32.9. The van der Waals surface area contributed by atoms with Gasteiger partial charge in [-0.3, -0.25) is 24.0 Å². The fraction of sp³-hybridized carbons (Fsp3) is 0.500. The number of aromatic nitrogens is 4. The Labute approximate surface area is 408 Å². The van der Waals surface area contributed by atoms with Crippen molar-refractivity contribution in [2.45, 2.75) is 83.3 Å². The number of amides is 2. The SMILES string of the molecule is Cn1c(=O)n(C2CCC(=O)NC2=O)c2ccc(N3CCC(C4CCN(CC5CCN(c6nccc(COc7ccc(C(C)(C)c8cc(Cl)c(OCCCl)c(C#N)c8)cc7)n6)CC5)CC4)CC3)cc21. The van der Waals surface area contributed by atoms with Gasteiger partial charge in [-0.25, -0.2) is 14.8 Å². The number of nitriles is 1. The zero-order valence-electron chi connectivity index (χ0n) is 39.3. The maximum atomic E-state index is 13.3. The highest BCUT2D eigenvalue weighted by Gasteiger charge is 2.34. The standard InChI is InChI=1S/C52H61Cl2N9O5/c1-52(2,39-28-37(31-55)48(43(54)29-39)67-27-19-53)38-4-7-42(8-5-38)68-33-40-12-20-56-50(57-40)62-23-13-34(14-24-62)32-60-21-15-35(16-22-60)36-17-25-61(26-18-36)41-6-9-44-46(30-41)59(3)51(66)63(44)45-10-11-47(64)58-49(45)65/h4-9,12,20,28-30,34-36,45H,10-11,13-19,21-27,32-33H2,1-3H3,(H,58,64,65). The number of benzene rings is 3. The van der Waals surface area contributed by atoms with Crippen LogP contribution in [0.4, 0.5) is 11.6 Å². The molecule has 4 saturated heterocycles. The molecule has 4 aliphatic rings. The van der Waals surface area contributed by atoms with E-state index in [2.05, 4.69) is 57.0 Å². The Bertz CT molecular complexity index is 2730. The summed E-state index contributed by atoms with van der Waals surface area (Å²) in [5.41, 5.74) is 5.14. The molecule has 1 N–H and O–H groups in total. The molecule has 4 aliphatic heterocycles. The molecule has 14 nitrogen and oxygen atoms in total. The number of halogens is 2.